The van der Waals surface area contributed by atoms with E-state index in [9.17, 15) is 0 Å². The summed E-state index contributed by atoms with van der Waals surface area (Å²) >= 11 is 0. The van der Waals surface area contributed by atoms with Gasteiger partial charge in [-0.25, -0.2) is 0 Å². The average molecular weight is 429 g/mol. The summed E-state index contributed by atoms with van der Waals surface area (Å²) < 4.78 is 50.9. The van der Waals surface area contributed by atoms with Crippen molar-refractivity contribution in [1.82, 2.24) is 0 Å². The van der Waals surface area contributed by atoms with E-state index in [1.54, 1.807) is 62.9 Å². The maximum atomic E-state index is 6.17. The Hall–Kier alpha value is -0.143. The number of hydrogen-bond acceptors (Lipinski definition) is 9. The monoisotopic (exact) mass is 428 g/mol. The Labute approximate surface area is 171 Å². The minimum absolute atomic E-state index is 0.437. The van der Waals surface area contributed by atoms with Crippen molar-refractivity contribution in [2.75, 3.05) is 21.3 Å². The van der Waals surface area contributed by atoms with Gasteiger partial charge in [-0.15, -0.1) is 0 Å². The molecule has 0 heterocycles. The van der Waals surface area contributed by atoms with Crippen molar-refractivity contribution in [2.45, 2.75) is 98.7 Å². The largest absolute Gasteiger partial charge is 0.506 e. The first-order valence-electron chi connectivity index (χ1n) is 9.69. The Morgan fingerprint density at radius 3 is 1.04 bits per heavy atom. The summed E-state index contributed by atoms with van der Waals surface area (Å²) in [5.41, 5.74) is 0. The van der Waals surface area contributed by atoms with Gasteiger partial charge in [0, 0.05) is 27.4 Å². The highest BCUT2D eigenvalue weighted by Gasteiger charge is 2.46. The van der Waals surface area contributed by atoms with E-state index in [1.807, 2.05) is 6.92 Å². The van der Waals surface area contributed by atoms with E-state index >= 15 is 0 Å². The Bertz CT molecular complexity index is 338. The molecule has 0 fully saturated rings. The summed E-state index contributed by atoms with van der Waals surface area (Å²) in [5.74, 6) is 0. The van der Waals surface area contributed by atoms with E-state index in [4.69, 9.17) is 41.7 Å². The predicted molar refractivity (Wildman–Crippen MR) is 105 cm³/mol. The van der Waals surface area contributed by atoms with Crippen LogP contribution in [-0.2, 0) is 41.7 Å². The van der Waals surface area contributed by atoms with Gasteiger partial charge in [-0.05, 0) is 41.5 Å². The number of ether oxygens (including phenoxy) is 6. The quantitative estimate of drug-likeness (QED) is 0.255. The van der Waals surface area contributed by atoms with Crippen molar-refractivity contribution in [1.29, 1.82) is 0 Å². The van der Waals surface area contributed by atoms with Crippen molar-refractivity contribution in [3.63, 3.8) is 0 Å². The van der Waals surface area contributed by atoms with Crippen LogP contribution in [0.3, 0.4) is 0 Å². The van der Waals surface area contributed by atoms with Gasteiger partial charge in [0.2, 0.25) is 0 Å². The lowest BCUT2D eigenvalue weighted by Crippen LogP contribution is -2.53. The second kappa shape index (κ2) is 14.8. The van der Waals surface area contributed by atoms with Crippen LogP contribution < -0.4 is 0 Å². The summed E-state index contributed by atoms with van der Waals surface area (Å²) in [6.07, 6.45) is -2.39. The second-order valence-electron chi connectivity index (χ2n) is 6.31. The maximum Gasteiger partial charge on any atom is 0.506 e. The summed E-state index contributed by atoms with van der Waals surface area (Å²) in [4.78, 5) is 0. The van der Waals surface area contributed by atoms with Crippen LogP contribution in [-0.4, -0.2) is 67.9 Å². The molecule has 6 atom stereocenters. The molecular formula is C18H40O9Si. The van der Waals surface area contributed by atoms with E-state index in [0.717, 1.165) is 6.42 Å². The number of methoxy groups -OCH3 is 3. The van der Waals surface area contributed by atoms with Crippen molar-refractivity contribution in [2.24, 2.45) is 0 Å². The first-order chi connectivity index (χ1) is 13.1. The molecule has 0 rings (SSSR count). The van der Waals surface area contributed by atoms with Crippen molar-refractivity contribution in [3.05, 3.63) is 0 Å². The molecule has 0 N–H and O–H groups in total. The zero-order chi connectivity index (χ0) is 21.7. The van der Waals surface area contributed by atoms with Crippen LogP contribution >= 0.6 is 0 Å². The molecule has 0 bridgehead atoms. The van der Waals surface area contributed by atoms with E-state index in [2.05, 4.69) is 0 Å². The first kappa shape index (κ1) is 27.9. The van der Waals surface area contributed by atoms with E-state index in [-0.39, 0.29) is 0 Å². The van der Waals surface area contributed by atoms with Gasteiger partial charge in [0.1, 0.15) is 0 Å². The molecule has 0 aromatic rings. The molecule has 0 aliphatic carbocycles. The summed E-state index contributed by atoms with van der Waals surface area (Å²) in [6, 6.07) is 0.548. The lowest BCUT2D eigenvalue weighted by Gasteiger charge is -2.37. The third-order valence-electron chi connectivity index (χ3n) is 3.74. The molecule has 0 aromatic heterocycles. The molecule has 0 aliphatic rings. The molecule has 10 heteroatoms. The van der Waals surface area contributed by atoms with Crippen molar-refractivity contribution >= 4 is 8.80 Å². The molecule has 170 valence electrons. The normalized spacial score (nSPS) is 20.8. The van der Waals surface area contributed by atoms with Crippen LogP contribution in [0.4, 0.5) is 0 Å². The third kappa shape index (κ3) is 11.8. The molecule has 0 radical (unpaired) electrons. The van der Waals surface area contributed by atoms with Gasteiger partial charge in [0.25, 0.3) is 0 Å². The smallest absolute Gasteiger partial charge is 0.356 e. The van der Waals surface area contributed by atoms with Gasteiger partial charge >= 0.3 is 8.80 Å². The molecular weight excluding hydrogens is 388 g/mol. The van der Waals surface area contributed by atoms with Crippen molar-refractivity contribution in [3.8, 4) is 0 Å². The van der Waals surface area contributed by atoms with Crippen LogP contribution in [0.15, 0.2) is 0 Å². The van der Waals surface area contributed by atoms with Crippen LogP contribution in [0.5, 0.6) is 0 Å². The topological polar surface area (TPSA) is 83.1 Å². The molecule has 28 heavy (non-hydrogen) atoms. The summed E-state index contributed by atoms with van der Waals surface area (Å²) in [6.45, 7) is 12.7. The molecule has 0 saturated carbocycles. The minimum Gasteiger partial charge on any atom is -0.356 e. The standard InChI is InChI=1S/C18H40O9Si/c1-11-12-28(25-16(5)22-13(2)19-8,26-17(6)23-14(3)20-9)27-18(7)24-15(4)21-10/h13-18H,11-12H2,1-10H3. The van der Waals surface area contributed by atoms with Crippen LogP contribution in [0.25, 0.3) is 0 Å². The summed E-state index contributed by atoms with van der Waals surface area (Å²) in [7, 11) is 1.42. The Morgan fingerprint density at radius 2 is 0.821 bits per heavy atom. The zero-order valence-electron chi connectivity index (χ0n) is 19.1. The Morgan fingerprint density at radius 1 is 0.536 bits per heavy atom. The van der Waals surface area contributed by atoms with Gasteiger partial charge in [-0.2, -0.15) is 0 Å². The maximum absolute atomic E-state index is 6.17. The second-order valence-corrected chi connectivity index (χ2v) is 8.88. The fourth-order valence-electron chi connectivity index (χ4n) is 2.38. The minimum atomic E-state index is -3.27. The highest BCUT2D eigenvalue weighted by molar-refractivity contribution is 6.60. The first-order valence-corrected chi connectivity index (χ1v) is 11.6. The van der Waals surface area contributed by atoms with Gasteiger partial charge in [0.15, 0.2) is 37.7 Å². The SMILES string of the molecule is CCC[Si](OC(C)OC(C)OC)(OC(C)OC(C)OC)OC(C)OC(C)OC. The number of rotatable bonds is 17. The fraction of sp³-hybridized carbons (Fsp3) is 1.00. The van der Waals surface area contributed by atoms with Gasteiger partial charge < -0.3 is 41.7 Å². The fourth-order valence-corrected chi connectivity index (χ4v) is 5.20. The highest BCUT2D eigenvalue weighted by Crippen LogP contribution is 2.26. The van der Waals surface area contributed by atoms with Gasteiger partial charge in [0.05, 0.1) is 0 Å². The highest BCUT2D eigenvalue weighted by atomic mass is 28.4. The molecule has 0 aliphatic heterocycles. The van der Waals surface area contributed by atoms with Crippen LogP contribution in [0.2, 0.25) is 6.04 Å². The molecule has 0 aromatic carbocycles. The molecule has 6 unspecified atom stereocenters. The number of hydrogen-bond donors (Lipinski definition) is 0. The van der Waals surface area contributed by atoms with E-state index in [1.165, 1.54) is 0 Å². The molecule has 0 saturated heterocycles. The van der Waals surface area contributed by atoms with Crippen molar-refractivity contribution < 1.29 is 41.7 Å². The van der Waals surface area contributed by atoms with E-state index in [0.29, 0.717) is 6.04 Å². The Kier molecular flexibility index (Phi) is 14.7. The van der Waals surface area contributed by atoms with E-state index < -0.39 is 46.5 Å². The molecule has 9 nitrogen and oxygen atoms in total. The molecule has 0 amide bonds. The zero-order valence-corrected chi connectivity index (χ0v) is 20.1. The van der Waals surface area contributed by atoms with Crippen LogP contribution in [0, 0.1) is 0 Å². The van der Waals surface area contributed by atoms with Gasteiger partial charge in [-0.1, -0.05) is 13.3 Å². The van der Waals surface area contributed by atoms with Crippen LogP contribution in [0.1, 0.15) is 54.9 Å². The Balaban J connectivity index is 5.38. The average Bonchev–Trinajstić information content (AvgIpc) is 2.60. The third-order valence-corrected chi connectivity index (χ3v) is 6.92. The predicted octanol–water partition coefficient (Wildman–Crippen LogP) is 3.45. The van der Waals surface area contributed by atoms with Gasteiger partial charge in [-0.3, -0.25) is 0 Å². The summed E-state index contributed by atoms with van der Waals surface area (Å²) in [5, 5.41) is 0. The molecule has 0 spiro atoms. The lowest BCUT2D eigenvalue weighted by atomic mass is 10.6. The lowest BCUT2D eigenvalue weighted by molar-refractivity contribution is -0.251.